The maximum atomic E-state index is 12.5. The van der Waals surface area contributed by atoms with Gasteiger partial charge in [0.2, 0.25) is 11.9 Å². The predicted octanol–water partition coefficient (Wildman–Crippen LogP) is 1.15. The summed E-state index contributed by atoms with van der Waals surface area (Å²) in [6.45, 7) is 3.40. The third-order valence-electron chi connectivity index (χ3n) is 2.98. The van der Waals surface area contributed by atoms with E-state index in [0.717, 1.165) is 12.3 Å². The maximum Gasteiger partial charge on any atom is 0.433 e. The summed E-state index contributed by atoms with van der Waals surface area (Å²) >= 11 is 0. The summed E-state index contributed by atoms with van der Waals surface area (Å²) in [7, 11) is 0. The van der Waals surface area contributed by atoms with Crippen LogP contribution < -0.4 is 5.32 Å². The van der Waals surface area contributed by atoms with Crippen LogP contribution in [0.2, 0.25) is 0 Å². The summed E-state index contributed by atoms with van der Waals surface area (Å²) in [6.07, 6.45) is -3.54. The number of nitrogens with one attached hydrogen (secondary N) is 1. The van der Waals surface area contributed by atoms with Gasteiger partial charge in [-0.05, 0) is 13.0 Å². The Balaban J connectivity index is 2.02. The van der Waals surface area contributed by atoms with Crippen LogP contribution >= 0.6 is 0 Å². The van der Waals surface area contributed by atoms with E-state index in [4.69, 9.17) is 4.74 Å². The Kier molecular flexibility index (Phi) is 4.61. The van der Waals surface area contributed by atoms with Gasteiger partial charge in [-0.3, -0.25) is 4.79 Å². The minimum atomic E-state index is -4.54. The number of ether oxygens (including phenoxy) is 1. The number of anilines is 1. The van der Waals surface area contributed by atoms with Crippen molar-refractivity contribution >= 4 is 11.9 Å². The van der Waals surface area contributed by atoms with Gasteiger partial charge in [0, 0.05) is 19.3 Å². The average Bonchev–Trinajstić information content (AvgIpc) is 2.47. The molecule has 1 aliphatic heterocycles. The third-order valence-corrected chi connectivity index (χ3v) is 2.98. The van der Waals surface area contributed by atoms with E-state index in [1.807, 2.05) is 0 Å². The van der Waals surface area contributed by atoms with Gasteiger partial charge in [-0.2, -0.15) is 13.2 Å². The van der Waals surface area contributed by atoms with Gasteiger partial charge in [0.25, 0.3) is 0 Å². The number of amides is 1. The Morgan fingerprint density at radius 3 is 2.71 bits per heavy atom. The van der Waals surface area contributed by atoms with E-state index in [1.54, 1.807) is 11.8 Å². The van der Waals surface area contributed by atoms with Gasteiger partial charge in [-0.1, -0.05) is 0 Å². The molecule has 1 aliphatic rings. The Labute approximate surface area is 119 Å². The molecule has 6 nitrogen and oxygen atoms in total. The van der Waals surface area contributed by atoms with Crippen molar-refractivity contribution in [2.24, 2.45) is 0 Å². The molecule has 1 unspecified atom stereocenters. The smallest absolute Gasteiger partial charge is 0.378 e. The highest BCUT2D eigenvalue weighted by Crippen LogP contribution is 2.27. The molecule has 0 radical (unpaired) electrons. The van der Waals surface area contributed by atoms with E-state index in [9.17, 15) is 18.0 Å². The first-order valence-electron chi connectivity index (χ1n) is 6.41. The topological polar surface area (TPSA) is 67.4 Å². The first-order chi connectivity index (χ1) is 9.88. The van der Waals surface area contributed by atoms with Crippen LogP contribution in [0.15, 0.2) is 12.3 Å². The number of halogens is 3. The summed E-state index contributed by atoms with van der Waals surface area (Å²) in [6, 6.07) is 0.0613. The number of hydrogen-bond donors (Lipinski definition) is 1. The molecule has 1 saturated heterocycles. The van der Waals surface area contributed by atoms with E-state index in [0.29, 0.717) is 26.3 Å². The van der Waals surface area contributed by atoms with E-state index in [2.05, 4.69) is 15.3 Å². The molecule has 1 aromatic heterocycles. The Hall–Kier alpha value is -1.90. The van der Waals surface area contributed by atoms with Crippen molar-refractivity contribution in [3.63, 3.8) is 0 Å². The molecule has 0 aromatic carbocycles. The molecule has 116 valence electrons. The zero-order valence-corrected chi connectivity index (χ0v) is 11.4. The molecule has 1 N–H and O–H groups in total. The van der Waals surface area contributed by atoms with Crippen molar-refractivity contribution in [2.45, 2.75) is 19.1 Å². The van der Waals surface area contributed by atoms with Gasteiger partial charge in [-0.25, -0.2) is 9.97 Å². The largest absolute Gasteiger partial charge is 0.433 e. The highest BCUT2D eigenvalue weighted by Gasteiger charge is 2.33. The van der Waals surface area contributed by atoms with Gasteiger partial charge in [0.1, 0.15) is 11.7 Å². The normalized spacial score (nSPS) is 17.4. The molecule has 1 fully saturated rings. The fourth-order valence-corrected chi connectivity index (χ4v) is 1.90. The first kappa shape index (κ1) is 15.5. The zero-order chi connectivity index (χ0) is 15.5. The first-order valence-corrected chi connectivity index (χ1v) is 6.41. The van der Waals surface area contributed by atoms with Crippen LogP contribution in [0, 0.1) is 0 Å². The molecular weight excluding hydrogens is 289 g/mol. The number of morpholine rings is 1. The van der Waals surface area contributed by atoms with E-state index in [1.165, 1.54) is 0 Å². The molecule has 0 bridgehead atoms. The van der Waals surface area contributed by atoms with Crippen LogP contribution in [0.5, 0.6) is 0 Å². The molecule has 21 heavy (non-hydrogen) atoms. The van der Waals surface area contributed by atoms with Crippen LogP contribution in [0.4, 0.5) is 19.1 Å². The zero-order valence-electron chi connectivity index (χ0n) is 11.4. The number of carbonyl (C=O) groups excluding carboxylic acids is 1. The number of carbonyl (C=O) groups is 1. The van der Waals surface area contributed by atoms with E-state index < -0.39 is 17.9 Å². The lowest BCUT2D eigenvalue weighted by molar-refractivity contribution is -0.141. The number of rotatable bonds is 3. The third kappa shape index (κ3) is 4.03. The second-order valence-electron chi connectivity index (χ2n) is 4.57. The molecule has 1 atom stereocenters. The van der Waals surface area contributed by atoms with Crippen molar-refractivity contribution < 1.29 is 22.7 Å². The van der Waals surface area contributed by atoms with Crippen molar-refractivity contribution in [3.8, 4) is 0 Å². The minimum absolute atomic E-state index is 0.223. The summed E-state index contributed by atoms with van der Waals surface area (Å²) in [4.78, 5) is 20.8. The fourth-order valence-electron chi connectivity index (χ4n) is 1.90. The molecular formula is C12H15F3N4O2. The average molecular weight is 304 g/mol. The molecule has 9 heteroatoms. The van der Waals surface area contributed by atoms with Crippen LogP contribution in [-0.4, -0.2) is 53.1 Å². The highest BCUT2D eigenvalue weighted by molar-refractivity contribution is 5.83. The van der Waals surface area contributed by atoms with E-state index >= 15 is 0 Å². The summed E-state index contributed by atoms with van der Waals surface area (Å²) in [5, 5.41) is 2.60. The van der Waals surface area contributed by atoms with Crippen LogP contribution in [-0.2, 0) is 15.7 Å². The van der Waals surface area contributed by atoms with Crippen molar-refractivity contribution in [3.05, 3.63) is 18.0 Å². The second kappa shape index (κ2) is 6.25. The standard InChI is InChI=1S/C12H15F3N4O2/c1-8(10(20)19-4-6-21-7-5-19)17-11-16-3-2-9(18-11)12(13,14)15/h2-3,8H,4-7H2,1H3,(H,16,17,18). The molecule has 1 amide bonds. The molecule has 2 rings (SSSR count). The van der Waals surface area contributed by atoms with Crippen molar-refractivity contribution in [2.75, 3.05) is 31.6 Å². The fraction of sp³-hybridized carbons (Fsp3) is 0.583. The summed E-state index contributed by atoms with van der Waals surface area (Å²) in [5.74, 6) is -0.446. The van der Waals surface area contributed by atoms with Crippen molar-refractivity contribution in [1.29, 1.82) is 0 Å². The Morgan fingerprint density at radius 1 is 1.43 bits per heavy atom. The molecule has 0 spiro atoms. The summed E-state index contributed by atoms with van der Waals surface area (Å²) < 4.78 is 42.8. The minimum Gasteiger partial charge on any atom is -0.378 e. The van der Waals surface area contributed by atoms with Crippen molar-refractivity contribution in [1.82, 2.24) is 14.9 Å². The molecule has 1 aromatic rings. The number of alkyl halides is 3. The van der Waals surface area contributed by atoms with E-state index in [-0.39, 0.29) is 11.9 Å². The maximum absolute atomic E-state index is 12.5. The SMILES string of the molecule is CC(Nc1nccc(C(F)(F)F)n1)C(=O)N1CCOCC1. The summed E-state index contributed by atoms with van der Waals surface area (Å²) in [5.41, 5.74) is -1.05. The van der Waals surface area contributed by atoms with Gasteiger partial charge in [0.05, 0.1) is 13.2 Å². The molecule has 0 saturated carbocycles. The highest BCUT2D eigenvalue weighted by atomic mass is 19.4. The monoisotopic (exact) mass is 304 g/mol. The Bertz CT molecular complexity index is 504. The van der Waals surface area contributed by atoms with Gasteiger partial charge >= 0.3 is 6.18 Å². The number of aromatic nitrogens is 2. The van der Waals surface area contributed by atoms with Crippen LogP contribution in [0.1, 0.15) is 12.6 Å². The van der Waals surface area contributed by atoms with Crippen LogP contribution in [0.25, 0.3) is 0 Å². The lowest BCUT2D eigenvalue weighted by Crippen LogP contribution is -2.47. The van der Waals surface area contributed by atoms with Gasteiger partial charge in [0.15, 0.2) is 0 Å². The van der Waals surface area contributed by atoms with Gasteiger partial charge in [-0.15, -0.1) is 0 Å². The Morgan fingerprint density at radius 2 is 2.10 bits per heavy atom. The second-order valence-corrected chi connectivity index (χ2v) is 4.57. The predicted molar refractivity (Wildman–Crippen MR) is 67.5 cm³/mol. The lowest BCUT2D eigenvalue weighted by Gasteiger charge is -2.29. The molecule has 0 aliphatic carbocycles. The van der Waals surface area contributed by atoms with Gasteiger partial charge < -0.3 is 15.0 Å². The molecule has 2 heterocycles. The number of hydrogen-bond acceptors (Lipinski definition) is 5. The quantitative estimate of drug-likeness (QED) is 0.907. The lowest BCUT2D eigenvalue weighted by atomic mass is 10.2. The van der Waals surface area contributed by atoms with Crippen LogP contribution in [0.3, 0.4) is 0 Å². The number of nitrogens with zero attached hydrogens (tertiary/aromatic N) is 3.